The van der Waals surface area contributed by atoms with Crippen LogP contribution in [0.1, 0.15) is 57.4 Å². The SMILES string of the molecule is CC12CC3CC(C)(C1)CC(c1nc(Br)ns1)(C3)C2. The third kappa shape index (κ3) is 1.57. The molecule has 0 aliphatic heterocycles. The summed E-state index contributed by atoms with van der Waals surface area (Å²) in [6, 6.07) is 0. The van der Waals surface area contributed by atoms with Crippen molar-refractivity contribution < 1.29 is 0 Å². The summed E-state index contributed by atoms with van der Waals surface area (Å²) in [5, 5.41) is 1.30. The summed E-state index contributed by atoms with van der Waals surface area (Å²) >= 11 is 5.05. The second-order valence-electron chi connectivity index (χ2n) is 7.78. The molecular formula is C14H19BrN2S. The normalized spacial score (nSPS) is 49.8. The fourth-order valence-electron chi connectivity index (χ4n) is 6.11. The van der Waals surface area contributed by atoms with Gasteiger partial charge in [0.25, 0.3) is 0 Å². The van der Waals surface area contributed by atoms with Crippen molar-refractivity contribution in [3.63, 3.8) is 0 Å². The van der Waals surface area contributed by atoms with Crippen LogP contribution in [0.25, 0.3) is 0 Å². The molecule has 2 unspecified atom stereocenters. The first-order valence-electron chi connectivity index (χ1n) is 6.90. The van der Waals surface area contributed by atoms with E-state index >= 15 is 0 Å². The summed E-state index contributed by atoms with van der Waals surface area (Å²) in [5.41, 5.74) is 1.48. The van der Waals surface area contributed by atoms with Crippen molar-refractivity contribution in [1.82, 2.24) is 9.36 Å². The Bertz CT molecular complexity index is 494. The van der Waals surface area contributed by atoms with Gasteiger partial charge in [0, 0.05) is 5.41 Å². The van der Waals surface area contributed by atoms with E-state index in [9.17, 15) is 0 Å². The summed E-state index contributed by atoms with van der Waals surface area (Å²) in [5.74, 6) is 0.930. The van der Waals surface area contributed by atoms with Crippen molar-refractivity contribution in [2.45, 2.75) is 57.8 Å². The molecular weight excluding hydrogens is 308 g/mol. The van der Waals surface area contributed by atoms with Gasteiger partial charge in [-0.15, -0.1) is 0 Å². The lowest BCUT2D eigenvalue weighted by atomic mass is 9.40. The van der Waals surface area contributed by atoms with Crippen LogP contribution in [0, 0.1) is 16.7 Å². The molecule has 2 nitrogen and oxygen atoms in total. The second-order valence-corrected chi connectivity index (χ2v) is 9.24. The van der Waals surface area contributed by atoms with E-state index in [0.717, 1.165) is 10.7 Å². The van der Waals surface area contributed by atoms with E-state index in [1.807, 2.05) is 0 Å². The van der Waals surface area contributed by atoms with Crippen molar-refractivity contribution in [2.75, 3.05) is 0 Å². The lowest BCUT2D eigenvalue weighted by Crippen LogP contribution is -2.56. The quantitative estimate of drug-likeness (QED) is 0.756. The zero-order chi connectivity index (χ0) is 12.6. The molecule has 18 heavy (non-hydrogen) atoms. The highest BCUT2D eigenvalue weighted by Gasteiger charge is 2.61. The minimum atomic E-state index is 0.354. The van der Waals surface area contributed by atoms with Crippen LogP contribution in [0.4, 0.5) is 0 Å². The van der Waals surface area contributed by atoms with Gasteiger partial charge < -0.3 is 0 Å². The van der Waals surface area contributed by atoms with Gasteiger partial charge in [0.05, 0.1) is 0 Å². The monoisotopic (exact) mass is 326 g/mol. The van der Waals surface area contributed by atoms with Crippen LogP contribution in [0.2, 0.25) is 0 Å². The molecule has 0 N–H and O–H groups in total. The first-order valence-corrected chi connectivity index (χ1v) is 8.47. The number of rotatable bonds is 1. The summed E-state index contributed by atoms with van der Waals surface area (Å²) in [7, 11) is 0. The number of hydrogen-bond acceptors (Lipinski definition) is 3. The first kappa shape index (κ1) is 11.8. The largest absolute Gasteiger partial charge is 0.213 e. The Morgan fingerprint density at radius 1 is 1.11 bits per heavy atom. The van der Waals surface area contributed by atoms with E-state index in [1.54, 1.807) is 11.5 Å². The van der Waals surface area contributed by atoms with Gasteiger partial charge in [-0.3, -0.25) is 0 Å². The maximum Gasteiger partial charge on any atom is 0.209 e. The Hall–Kier alpha value is 0.0400. The lowest BCUT2D eigenvalue weighted by Gasteiger charge is -2.64. The number of hydrogen-bond donors (Lipinski definition) is 0. The smallest absolute Gasteiger partial charge is 0.209 e. The Morgan fingerprint density at radius 2 is 1.78 bits per heavy atom. The molecule has 1 aromatic rings. The minimum Gasteiger partial charge on any atom is -0.213 e. The molecule has 1 heterocycles. The molecule has 4 bridgehead atoms. The van der Waals surface area contributed by atoms with E-state index in [0.29, 0.717) is 16.2 Å². The molecule has 0 aromatic carbocycles. The molecule has 4 saturated carbocycles. The van der Waals surface area contributed by atoms with E-state index in [2.05, 4.69) is 39.1 Å². The van der Waals surface area contributed by atoms with E-state index in [1.165, 1.54) is 43.5 Å². The predicted molar refractivity (Wildman–Crippen MR) is 76.7 cm³/mol. The third-order valence-corrected chi connectivity index (χ3v) is 7.03. The molecule has 4 aliphatic rings. The Kier molecular flexibility index (Phi) is 2.22. The lowest BCUT2D eigenvalue weighted by molar-refractivity contribution is -0.110. The van der Waals surface area contributed by atoms with Gasteiger partial charge in [-0.05, 0) is 82.7 Å². The molecule has 0 saturated heterocycles. The Balaban J connectivity index is 1.82. The predicted octanol–water partition coefficient (Wildman–Crippen LogP) is 4.55. The molecule has 0 radical (unpaired) electrons. The number of nitrogens with zero attached hydrogens (tertiary/aromatic N) is 2. The van der Waals surface area contributed by atoms with Crippen LogP contribution in [0.3, 0.4) is 0 Å². The average molecular weight is 327 g/mol. The summed E-state index contributed by atoms with van der Waals surface area (Å²) in [4.78, 5) is 4.69. The average Bonchev–Trinajstić information content (AvgIpc) is 2.59. The topological polar surface area (TPSA) is 25.8 Å². The fraction of sp³-hybridized carbons (Fsp3) is 0.857. The van der Waals surface area contributed by atoms with Crippen LogP contribution in [0.15, 0.2) is 4.73 Å². The van der Waals surface area contributed by atoms with Crippen LogP contribution in [0.5, 0.6) is 0 Å². The number of halogens is 1. The van der Waals surface area contributed by atoms with Crippen molar-refractivity contribution >= 4 is 27.5 Å². The standard InChI is InChI=1S/C14H19BrN2S/c1-12-3-9-4-13(2,6-12)8-14(5-9,7-12)10-16-11(15)17-18-10/h9H,3-8H2,1-2H3. The molecule has 4 fully saturated rings. The van der Waals surface area contributed by atoms with E-state index < -0.39 is 0 Å². The third-order valence-electron chi connectivity index (χ3n) is 5.48. The second kappa shape index (κ2) is 3.38. The van der Waals surface area contributed by atoms with Gasteiger partial charge in [-0.1, -0.05) is 13.8 Å². The van der Waals surface area contributed by atoms with Gasteiger partial charge >= 0.3 is 0 Å². The maximum atomic E-state index is 4.69. The van der Waals surface area contributed by atoms with Crippen LogP contribution in [-0.2, 0) is 5.41 Å². The van der Waals surface area contributed by atoms with E-state index in [-0.39, 0.29) is 0 Å². The maximum absolute atomic E-state index is 4.69. The summed E-state index contributed by atoms with van der Waals surface area (Å²) < 4.78 is 5.15. The highest BCUT2D eigenvalue weighted by atomic mass is 79.9. The zero-order valence-corrected chi connectivity index (χ0v) is 13.4. The van der Waals surface area contributed by atoms with Crippen LogP contribution >= 0.6 is 27.5 Å². The van der Waals surface area contributed by atoms with Crippen molar-refractivity contribution in [2.24, 2.45) is 16.7 Å². The molecule has 2 atom stereocenters. The van der Waals surface area contributed by atoms with Crippen molar-refractivity contribution in [3.8, 4) is 0 Å². The molecule has 5 rings (SSSR count). The van der Waals surface area contributed by atoms with Gasteiger partial charge in [0.2, 0.25) is 4.73 Å². The summed E-state index contributed by atoms with van der Waals surface area (Å²) in [6.07, 6.45) is 8.37. The molecule has 0 amide bonds. The van der Waals surface area contributed by atoms with Crippen LogP contribution in [-0.4, -0.2) is 9.36 Å². The fourth-order valence-corrected chi connectivity index (χ4v) is 7.37. The number of aromatic nitrogens is 2. The van der Waals surface area contributed by atoms with Crippen molar-refractivity contribution in [3.05, 3.63) is 9.74 Å². The highest BCUT2D eigenvalue weighted by Crippen LogP contribution is 2.69. The molecule has 0 spiro atoms. The molecule has 4 heteroatoms. The van der Waals surface area contributed by atoms with Gasteiger partial charge in [0.1, 0.15) is 5.01 Å². The Labute approximate surface area is 121 Å². The van der Waals surface area contributed by atoms with Gasteiger partial charge in [0.15, 0.2) is 0 Å². The molecule has 4 aliphatic carbocycles. The molecule has 98 valence electrons. The minimum absolute atomic E-state index is 0.354. The van der Waals surface area contributed by atoms with E-state index in [4.69, 9.17) is 0 Å². The van der Waals surface area contributed by atoms with Crippen molar-refractivity contribution in [1.29, 1.82) is 0 Å². The highest BCUT2D eigenvalue weighted by molar-refractivity contribution is 9.10. The van der Waals surface area contributed by atoms with Gasteiger partial charge in [-0.2, -0.15) is 4.37 Å². The molecule has 1 aromatic heterocycles. The zero-order valence-electron chi connectivity index (χ0n) is 11.0. The summed E-state index contributed by atoms with van der Waals surface area (Å²) in [6.45, 7) is 5.03. The first-order chi connectivity index (χ1) is 8.41. The Morgan fingerprint density at radius 3 is 2.28 bits per heavy atom. The van der Waals surface area contributed by atoms with Gasteiger partial charge in [-0.25, -0.2) is 4.98 Å². The van der Waals surface area contributed by atoms with Crippen LogP contribution < -0.4 is 0 Å².